The van der Waals surface area contributed by atoms with Gasteiger partial charge in [0, 0.05) is 13.1 Å². The smallest absolute Gasteiger partial charge is 0.00189 e. The van der Waals surface area contributed by atoms with Crippen molar-refractivity contribution in [1.29, 1.82) is 0 Å². The average molecular weight is 234 g/mol. The van der Waals surface area contributed by atoms with Gasteiger partial charge in [0.15, 0.2) is 0 Å². The van der Waals surface area contributed by atoms with E-state index < -0.39 is 0 Å². The second kappa shape index (κ2) is 7.46. The van der Waals surface area contributed by atoms with Gasteiger partial charge in [-0.3, -0.25) is 0 Å². The summed E-state index contributed by atoms with van der Waals surface area (Å²) >= 11 is 0. The summed E-state index contributed by atoms with van der Waals surface area (Å²) < 4.78 is 0. The lowest BCUT2D eigenvalue weighted by Gasteiger charge is -2.20. The van der Waals surface area contributed by atoms with E-state index in [1.165, 1.54) is 11.1 Å². The van der Waals surface area contributed by atoms with Crippen molar-refractivity contribution in [3.8, 4) is 0 Å². The highest BCUT2D eigenvalue weighted by molar-refractivity contribution is 5.22. The molecule has 0 aliphatic rings. The fourth-order valence-corrected chi connectivity index (χ4v) is 1.96. The van der Waals surface area contributed by atoms with Gasteiger partial charge < -0.3 is 10.6 Å². The molecule has 2 N–H and O–H groups in total. The van der Waals surface area contributed by atoms with E-state index in [9.17, 15) is 0 Å². The summed E-state index contributed by atoms with van der Waals surface area (Å²) in [4.78, 5) is 2.37. The van der Waals surface area contributed by atoms with E-state index in [1.54, 1.807) is 0 Å². The van der Waals surface area contributed by atoms with E-state index in [1.807, 2.05) is 0 Å². The Labute approximate surface area is 106 Å². The molecule has 0 radical (unpaired) electrons. The summed E-state index contributed by atoms with van der Waals surface area (Å²) in [5.74, 6) is 0.586. The summed E-state index contributed by atoms with van der Waals surface area (Å²) in [6.07, 6.45) is 2.24. The highest BCUT2D eigenvalue weighted by Crippen LogP contribution is 2.06. The number of likely N-dealkylation sites (N-methyl/N-ethyl adjacent to an activating group) is 1. The predicted molar refractivity (Wildman–Crippen MR) is 75.2 cm³/mol. The van der Waals surface area contributed by atoms with Crippen LogP contribution in [0.25, 0.3) is 0 Å². The third kappa shape index (κ3) is 5.33. The molecule has 0 heterocycles. The third-order valence-corrected chi connectivity index (χ3v) is 3.24. The zero-order valence-corrected chi connectivity index (χ0v) is 11.4. The largest absolute Gasteiger partial charge is 0.330 e. The quantitative estimate of drug-likeness (QED) is 0.784. The Morgan fingerprint density at radius 3 is 2.29 bits per heavy atom. The molecule has 0 saturated carbocycles. The topological polar surface area (TPSA) is 29.3 Å². The maximum Gasteiger partial charge on any atom is 0.00189 e. The Morgan fingerprint density at radius 1 is 1.18 bits per heavy atom. The molecule has 0 spiro atoms. The first kappa shape index (κ1) is 14.2. The molecule has 2 nitrogen and oxygen atoms in total. The molecule has 1 atom stereocenters. The van der Waals surface area contributed by atoms with Crippen molar-refractivity contribution in [3.63, 3.8) is 0 Å². The minimum Gasteiger partial charge on any atom is -0.330 e. The number of rotatable bonds is 7. The van der Waals surface area contributed by atoms with Gasteiger partial charge in [-0.1, -0.05) is 38.1 Å². The fourth-order valence-electron chi connectivity index (χ4n) is 1.96. The molecule has 0 aliphatic carbocycles. The summed E-state index contributed by atoms with van der Waals surface area (Å²) in [6, 6.07) is 8.97. The van der Waals surface area contributed by atoms with Gasteiger partial charge in [0.1, 0.15) is 0 Å². The van der Waals surface area contributed by atoms with Crippen LogP contribution in [-0.2, 0) is 12.8 Å². The molecule has 0 aromatic heterocycles. The average Bonchev–Trinajstić information content (AvgIpc) is 2.36. The molecule has 0 aliphatic heterocycles. The van der Waals surface area contributed by atoms with Gasteiger partial charge in [0.05, 0.1) is 0 Å². The van der Waals surface area contributed by atoms with Crippen LogP contribution in [0.3, 0.4) is 0 Å². The van der Waals surface area contributed by atoms with Crippen molar-refractivity contribution < 1.29 is 0 Å². The zero-order chi connectivity index (χ0) is 12.7. The SMILES string of the molecule is CCc1ccc(CCN(C)CC(C)CN)cc1. The predicted octanol–water partition coefficient (Wildman–Crippen LogP) is 2.32. The van der Waals surface area contributed by atoms with E-state index in [-0.39, 0.29) is 0 Å². The Kier molecular flexibility index (Phi) is 6.23. The van der Waals surface area contributed by atoms with Gasteiger partial charge in [-0.15, -0.1) is 0 Å². The molecular formula is C15H26N2. The van der Waals surface area contributed by atoms with Crippen molar-refractivity contribution >= 4 is 0 Å². The maximum atomic E-state index is 5.63. The molecule has 0 saturated heterocycles. The first-order valence-corrected chi connectivity index (χ1v) is 6.62. The van der Waals surface area contributed by atoms with Crippen molar-refractivity contribution in [2.24, 2.45) is 11.7 Å². The lowest BCUT2D eigenvalue weighted by Crippen LogP contribution is -2.29. The summed E-state index contributed by atoms with van der Waals surface area (Å²) in [5, 5.41) is 0. The third-order valence-electron chi connectivity index (χ3n) is 3.24. The first-order valence-electron chi connectivity index (χ1n) is 6.62. The summed E-state index contributed by atoms with van der Waals surface area (Å²) in [5.41, 5.74) is 8.47. The Hall–Kier alpha value is -0.860. The van der Waals surface area contributed by atoms with Gasteiger partial charge in [0.2, 0.25) is 0 Å². The number of benzene rings is 1. The minimum absolute atomic E-state index is 0.586. The van der Waals surface area contributed by atoms with Crippen LogP contribution in [-0.4, -0.2) is 31.6 Å². The van der Waals surface area contributed by atoms with Crippen LogP contribution in [0.5, 0.6) is 0 Å². The van der Waals surface area contributed by atoms with Gasteiger partial charge >= 0.3 is 0 Å². The number of nitrogens with two attached hydrogens (primary N) is 1. The van der Waals surface area contributed by atoms with Crippen molar-refractivity contribution in [1.82, 2.24) is 4.90 Å². The van der Waals surface area contributed by atoms with Crippen LogP contribution in [0.15, 0.2) is 24.3 Å². The standard InChI is InChI=1S/C15H26N2/c1-4-14-5-7-15(8-6-14)9-10-17(3)12-13(2)11-16/h5-8,13H,4,9-12,16H2,1-3H3. The normalized spacial score (nSPS) is 13.0. The van der Waals surface area contributed by atoms with Gasteiger partial charge in [-0.05, 0) is 43.5 Å². The van der Waals surface area contributed by atoms with Crippen molar-refractivity contribution in [2.45, 2.75) is 26.7 Å². The van der Waals surface area contributed by atoms with Crippen LogP contribution in [0.2, 0.25) is 0 Å². The summed E-state index contributed by atoms with van der Waals surface area (Å²) in [7, 11) is 2.17. The maximum absolute atomic E-state index is 5.63. The van der Waals surface area contributed by atoms with E-state index in [0.717, 1.165) is 32.5 Å². The van der Waals surface area contributed by atoms with E-state index in [4.69, 9.17) is 5.73 Å². The molecule has 96 valence electrons. The van der Waals surface area contributed by atoms with Crippen LogP contribution in [0.4, 0.5) is 0 Å². The highest BCUT2D eigenvalue weighted by Gasteiger charge is 2.04. The Balaban J connectivity index is 2.34. The molecule has 0 bridgehead atoms. The first-order chi connectivity index (χ1) is 8.15. The zero-order valence-electron chi connectivity index (χ0n) is 11.4. The Bertz CT molecular complexity index is 305. The minimum atomic E-state index is 0.586. The van der Waals surface area contributed by atoms with Gasteiger partial charge in [-0.25, -0.2) is 0 Å². The molecule has 1 unspecified atom stereocenters. The molecule has 0 amide bonds. The monoisotopic (exact) mass is 234 g/mol. The lowest BCUT2D eigenvalue weighted by molar-refractivity contribution is 0.292. The molecule has 1 aromatic rings. The molecule has 1 rings (SSSR count). The van der Waals surface area contributed by atoms with Gasteiger partial charge in [-0.2, -0.15) is 0 Å². The van der Waals surface area contributed by atoms with Crippen LogP contribution < -0.4 is 5.73 Å². The number of nitrogens with zero attached hydrogens (tertiary/aromatic N) is 1. The van der Waals surface area contributed by atoms with Crippen molar-refractivity contribution in [3.05, 3.63) is 35.4 Å². The van der Waals surface area contributed by atoms with Crippen molar-refractivity contribution in [2.75, 3.05) is 26.7 Å². The second-order valence-corrected chi connectivity index (χ2v) is 5.02. The molecule has 1 aromatic carbocycles. The van der Waals surface area contributed by atoms with Crippen LogP contribution >= 0.6 is 0 Å². The summed E-state index contributed by atoms with van der Waals surface area (Å²) in [6.45, 7) is 7.36. The van der Waals surface area contributed by atoms with Crippen LogP contribution in [0, 0.1) is 5.92 Å². The molecule has 17 heavy (non-hydrogen) atoms. The molecule has 2 heteroatoms. The second-order valence-electron chi connectivity index (χ2n) is 5.02. The fraction of sp³-hybridized carbons (Fsp3) is 0.600. The van der Waals surface area contributed by atoms with E-state index >= 15 is 0 Å². The van der Waals surface area contributed by atoms with E-state index in [0.29, 0.717) is 5.92 Å². The lowest BCUT2D eigenvalue weighted by atomic mass is 10.1. The molecule has 0 fully saturated rings. The molecular weight excluding hydrogens is 208 g/mol. The number of aryl methyl sites for hydroxylation is 1. The van der Waals surface area contributed by atoms with Gasteiger partial charge in [0.25, 0.3) is 0 Å². The number of hydrogen-bond donors (Lipinski definition) is 1. The number of hydrogen-bond acceptors (Lipinski definition) is 2. The van der Waals surface area contributed by atoms with Crippen LogP contribution in [0.1, 0.15) is 25.0 Å². The Morgan fingerprint density at radius 2 is 1.76 bits per heavy atom. The highest BCUT2D eigenvalue weighted by atomic mass is 15.1. The van der Waals surface area contributed by atoms with E-state index in [2.05, 4.69) is 50.1 Å².